The van der Waals surface area contributed by atoms with Gasteiger partial charge >= 0.3 is 11.9 Å². The molecular weight excluding hydrogens is 896 g/mol. The highest BCUT2D eigenvalue weighted by molar-refractivity contribution is 7.93. The van der Waals surface area contributed by atoms with Crippen LogP contribution in [-0.2, 0) is 20.0 Å². The fourth-order valence-corrected chi connectivity index (χ4v) is 9.13. The average molecular weight is 933 g/mol. The van der Waals surface area contributed by atoms with Crippen LogP contribution in [0.5, 0.6) is 11.5 Å². The van der Waals surface area contributed by atoms with Crippen LogP contribution in [0.25, 0.3) is 21.5 Å². The van der Waals surface area contributed by atoms with Crippen molar-refractivity contribution in [1.82, 2.24) is 0 Å². The number of aromatic carboxylic acids is 2. The van der Waals surface area contributed by atoms with Crippen LogP contribution >= 0.6 is 0 Å². The molecule has 15 heteroatoms. The predicted octanol–water partition coefficient (Wildman–Crippen LogP) is 9.63. The second-order valence-corrected chi connectivity index (χ2v) is 17.7. The van der Waals surface area contributed by atoms with Gasteiger partial charge in [-0.25, -0.2) is 30.8 Å². The van der Waals surface area contributed by atoms with Crippen molar-refractivity contribution in [3.05, 3.63) is 203 Å². The lowest BCUT2D eigenvalue weighted by molar-refractivity contribution is 0.0684. The normalized spacial score (nSPS) is 10.9. The van der Waals surface area contributed by atoms with Crippen LogP contribution < -0.4 is 18.9 Å². The molecule has 334 valence electrons. The van der Waals surface area contributed by atoms with E-state index in [2.05, 4.69) is 33.1 Å². The molecule has 0 aromatic heterocycles. The number of benzene rings is 8. The van der Waals surface area contributed by atoms with Gasteiger partial charge in [0.1, 0.15) is 28.6 Å². The largest absolute Gasteiger partial charge is 0.496 e. The third-order valence-corrected chi connectivity index (χ3v) is 12.8. The van der Waals surface area contributed by atoms with Crippen LogP contribution in [0.1, 0.15) is 43.0 Å². The van der Waals surface area contributed by atoms with Gasteiger partial charge in [0, 0.05) is 27.5 Å². The summed E-state index contributed by atoms with van der Waals surface area (Å²) in [5, 5.41) is 21.1. The van der Waals surface area contributed by atoms with Crippen molar-refractivity contribution in [2.24, 2.45) is 0 Å². The first-order chi connectivity index (χ1) is 32.2. The van der Waals surface area contributed by atoms with E-state index in [-0.39, 0.29) is 37.9 Å². The van der Waals surface area contributed by atoms with Gasteiger partial charge in [0.15, 0.2) is 0 Å². The number of halogens is 1. The molecule has 0 unspecified atom stereocenters. The summed E-state index contributed by atoms with van der Waals surface area (Å²) < 4.78 is 82.6. The number of sulfonamides is 2. The van der Waals surface area contributed by atoms with Gasteiger partial charge in [0.25, 0.3) is 20.0 Å². The molecule has 8 aromatic rings. The summed E-state index contributed by atoms with van der Waals surface area (Å²) >= 11 is 0. The summed E-state index contributed by atoms with van der Waals surface area (Å²) in [6, 6.07) is 43.4. The van der Waals surface area contributed by atoms with Crippen molar-refractivity contribution in [2.45, 2.75) is 9.79 Å². The van der Waals surface area contributed by atoms with Crippen molar-refractivity contribution in [1.29, 1.82) is 0 Å². The van der Waals surface area contributed by atoms with Crippen molar-refractivity contribution in [2.75, 3.05) is 23.7 Å². The molecule has 0 aliphatic rings. The van der Waals surface area contributed by atoms with Crippen molar-refractivity contribution >= 4 is 64.9 Å². The Bertz CT molecular complexity index is 3580. The lowest BCUT2D eigenvalue weighted by atomic mass is 10.1. The van der Waals surface area contributed by atoms with Crippen LogP contribution in [-0.4, -0.2) is 53.2 Å². The monoisotopic (exact) mass is 932 g/mol. The van der Waals surface area contributed by atoms with E-state index >= 15 is 0 Å². The molecule has 0 aliphatic carbocycles. The molecule has 0 aliphatic heterocycles. The molecule has 0 amide bonds. The van der Waals surface area contributed by atoms with Crippen LogP contribution in [0.4, 0.5) is 15.8 Å². The molecule has 0 atom stereocenters. The summed E-state index contributed by atoms with van der Waals surface area (Å²) in [6.45, 7) is 0. The predicted molar refractivity (Wildman–Crippen MR) is 254 cm³/mol. The fourth-order valence-electron chi connectivity index (χ4n) is 6.72. The Balaban J connectivity index is 0.000000200. The quantitative estimate of drug-likeness (QED) is 0.0963. The molecule has 0 saturated heterocycles. The highest BCUT2D eigenvalue weighted by Gasteiger charge is 2.21. The first kappa shape index (κ1) is 46.4. The van der Waals surface area contributed by atoms with Gasteiger partial charge in [-0.3, -0.25) is 9.44 Å². The molecule has 4 N–H and O–H groups in total. The van der Waals surface area contributed by atoms with Gasteiger partial charge in [-0.05, 0) is 102 Å². The van der Waals surface area contributed by atoms with E-state index in [1.807, 2.05) is 18.2 Å². The van der Waals surface area contributed by atoms with Gasteiger partial charge < -0.3 is 19.7 Å². The fraction of sp³-hybridized carbons (Fsp3) is 0.0385. The minimum atomic E-state index is -4.07. The standard InChI is InChI=1S/C27H21NO6S.C25H16FNO4S/c1-33-24-15-16-26(21-9-5-4-8-20(21)24)35(31,32)28-23-10-6-3-7-19(23)13-11-18-12-14-22(27(29)30)25(17-18)34-2;26-23-7-3-6-19(11-8-17-9-12-20(13-10-17)25(28)29)24(23)27-32(30,31)22-15-14-18-4-1-2-5-21(18)16-22/h3-10,12,14-17,28H,1-2H3,(H,29,30);1-7,9-10,12-16,27H,(H,28,29). The second kappa shape index (κ2) is 20.0. The Morgan fingerprint density at radius 2 is 1.16 bits per heavy atom. The van der Waals surface area contributed by atoms with Gasteiger partial charge in [-0.2, -0.15) is 0 Å². The molecule has 8 rings (SSSR count). The molecular formula is C52H37FN2O10S2. The summed E-state index contributed by atoms with van der Waals surface area (Å²) in [5.74, 6) is 9.30. The van der Waals surface area contributed by atoms with E-state index in [1.54, 1.807) is 72.8 Å². The number of carbonyl (C=O) groups is 2. The zero-order valence-electron chi connectivity index (χ0n) is 35.4. The maximum atomic E-state index is 14.6. The summed E-state index contributed by atoms with van der Waals surface area (Å²) in [7, 11) is -5.11. The number of carboxylic acids is 2. The number of carboxylic acid groups (broad SMARTS) is 2. The van der Waals surface area contributed by atoms with E-state index < -0.39 is 37.8 Å². The number of hydrogen-bond donors (Lipinski definition) is 4. The zero-order chi connectivity index (χ0) is 47.7. The number of nitrogens with one attached hydrogen (secondary N) is 2. The number of anilines is 2. The van der Waals surface area contributed by atoms with E-state index in [9.17, 15) is 35.9 Å². The number of rotatable bonds is 10. The summed E-state index contributed by atoms with van der Waals surface area (Å²) in [4.78, 5) is 22.4. The van der Waals surface area contributed by atoms with Gasteiger partial charge in [-0.1, -0.05) is 96.5 Å². The van der Waals surface area contributed by atoms with E-state index in [1.165, 1.54) is 80.9 Å². The zero-order valence-corrected chi connectivity index (χ0v) is 37.1. The van der Waals surface area contributed by atoms with Crippen LogP contribution in [0, 0.1) is 29.5 Å². The Hall–Kier alpha value is -8.63. The van der Waals surface area contributed by atoms with Crippen molar-refractivity contribution in [3.63, 3.8) is 0 Å². The van der Waals surface area contributed by atoms with Crippen molar-refractivity contribution in [3.8, 4) is 35.2 Å². The van der Waals surface area contributed by atoms with Gasteiger partial charge in [0.05, 0.1) is 40.8 Å². The maximum absolute atomic E-state index is 14.6. The topological polar surface area (TPSA) is 185 Å². The summed E-state index contributed by atoms with van der Waals surface area (Å²) in [5.41, 5.74) is 1.83. The maximum Gasteiger partial charge on any atom is 0.339 e. The highest BCUT2D eigenvalue weighted by atomic mass is 32.2. The Kier molecular flexibility index (Phi) is 13.9. The van der Waals surface area contributed by atoms with Crippen molar-refractivity contribution < 1.29 is 50.5 Å². The smallest absolute Gasteiger partial charge is 0.339 e. The molecule has 0 heterocycles. The molecule has 12 nitrogen and oxygen atoms in total. The van der Waals surface area contributed by atoms with Gasteiger partial charge in [-0.15, -0.1) is 0 Å². The Morgan fingerprint density at radius 1 is 0.537 bits per heavy atom. The molecule has 67 heavy (non-hydrogen) atoms. The number of fused-ring (bicyclic) bond motifs is 2. The first-order valence-electron chi connectivity index (χ1n) is 19.9. The molecule has 0 fully saturated rings. The molecule has 0 radical (unpaired) electrons. The molecule has 0 saturated carbocycles. The highest BCUT2D eigenvalue weighted by Crippen LogP contribution is 2.32. The minimum Gasteiger partial charge on any atom is -0.496 e. The average Bonchev–Trinajstić information content (AvgIpc) is 3.33. The third-order valence-electron chi connectivity index (χ3n) is 10.1. The number of para-hydroxylation sites is 2. The molecule has 0 bridgehead atoms. The third kappa shape index (κ3) is 10.8. The van der Waals surface area contributed by atoms with Gasteiger partial charge in [0.2, 0.25) is 0 Å². The first-order valence-corrected chi connectivity index (χ1v) is 22.9. The second-order valence-electron chi connectivity index (χ2n) is 14.3. The molecule has 0 spiro atoms. The lowest BCUT2D eigenvalue weighted by Gasteiger charge is -2.13. The Labute approximate surface area is 385 Å². The summed E-state index contributed by atoms with van der Waals surface area (Å²) in [6.07, 6.45) is 0. The number of methoxy groups -OCH3 is 2. The van der Waals surface area contributed by atoms with E-state index in [0.717, 1.165) is 16.8 Å². The number of ether oxygens (including phenoxy) is 2. The van der Waals surface area contributed by atoms with Crippen LogP contribution in [0.2, 0.25) is 0 Å². The van der Waals surface area contributed by atoms with Crippen LogP contribution in [0.3, 0.4) is 0 Å². The minimum absolute atomic E-state index is 0.00243. The molecule has 8 aromatic carbocycles. The number of hydrogen-bond acceptors (Lipinski definition) is 8. The van der Waals surface area contributed by atoms with E-state index in [0.29, 0.717) is 38.9 Å². The van der Waals surface area contributed by atoms with E-state index in [4.69, 9.17) is 14.6 Å². The van der Waals surface area contributed by atoms with Crippen LogP contribution in [0.15, 0.2) is 174 Å². The Morgan fingerprint density at radius 3 is 1.88 bits per heavy atom. The SMILES string of the molecule is COc1cc(C#Cc2ccccc2NS(=O)(=O)c2ccc(OC)c3ccccc23)ccc1C(=O)O.O=C(O)c1ccc(C#Cc2cccc(F)c2NS(=O)(=O)c2ccc3ccccc3c2)cc1. The lowest BCUT2D eigenvalue weighted by Crippen LogP contribution is -2.15.